The second kappa shape index (κ2) is 8.95. The van der Waals surface area contributed by atoms with Crippen molar-refractivity contribution in [2.45, 2.75) is 46.2 Å². The number of halogens is 1. The minimum Gasteiger partial charge on any atom is -0.423 e. The molecule has 7 nitrogen and oxygen atoms in total. The number of hydrogen-bond acceptors (Lipinski definition) is 5. The molecule has 2 aromatic rings. The van der Waals surface area contributed by atoms with Crippen molar-refractivity contribution in [3.8, 4) is 0 Å². The topological polar surface area (TPSA) is 79.5 Å². The standard InChI is InChI=1S/C20H25FN4O3/c1-3-17-22-23-18(28-17)13-24(4-2)20(27)15-9-10-19(26)25(12-15)11-14-7-5-6-8-16(14)21/h5-8,15H,3-4,9-13H2,1-2H3. The summed E-state index contributed by atoms with van der Waals surface area (Å²) in [6.07, 6.45) is 1.41. The van der Waals surface area contributed by atoms with Crippen LogP contribution in [-0.4, -0.2) is 44.9 Å². The van der Waals surface area contributed by atoms with E-state index in [1.54, 1.807) is 28.0 Å². The smallest absolute Gasteiger partial charge is 0.235 e. The number of nitrogens with zero attached hydrogens (tertiary/aromatic N) is 4. The summed E-state index contributed by atoms with van der Waals surface area (Å²) < 4.78 is 19.5. The second-order valence-corrected chi connectivity index (χ2v) is 6.90. The molecular formula is C20H25FN4O3. The summed E-state index contributed by atoms with van der Waals surface area (Å²) in [4.78, 5) is 28.5. The van der Waals surface area contributed by atoms with Gasteiger partial charge in [-0.1, -0.05) is 25.1 Å². The highest BCUT2D eigenvalue weighted by atomic mass is 19.1. The summed E-state index contributed by atoms with van der Waals surface area (Å²) in [5.74, 6) is 0.171. The number of hydrogen-bond donors (Lipinski definition) is 0. The number of carbonyl (C=O) groups is 2. The van der Waals surface area contributed by atoms with Crippen LogP contribution in [0.1, 0.15) is 44.0 Å². The van der Waals surface area contributed by atoms with Crippen molar-refractivity contribution in [1.82, 2.24) is 20.0 Å². The van der Waals surface area contributed by atoms with Crippen LogP contribution >= 0.6 is 0 Å². The summed E-state index contributed by atoms with van der Waals surface area (Å²) in [7, 11) is 0. The van der Waals surface area contributed by atoms with E-state index in [0.717, 1.165) is 0 Å². The third-order valence-corrected chi connectivity index (χ3v) is 5.00. The number of aromatic nitrogens is 2. The van der Waals surface area contributed by atoms with Gasteiger partial charge in [-0.25, -0.2) is 4.39 Å². The maximum atomic E-state index is 13.9. The van der Waals surface area contributed by atoms with Gasteiger partial charge in [-0.15, -0.1) is 10.2 Å². The number of amides is 2. The van der Waals surface area contributed by atoms with Crippen LogP contribution in [0, 0.1) is 11.7 Å². The molecule has 0 bridgehead atoms. The molecule has 1 aromatic heterocycles. The van der Waals surface area contributed by atoms with Gasteiger partial charge in [-0.05, 0) is 19.4 Å². The van der Waals surface area contributed by atoms with E-state index in [9.17, 15) is 14.0 Å². The van der Waals surface area contributed by atoms with Gasteiger partial charge >= 0.3 is 0 Å². The van der Waals surface area contributed by atoms with E-state index >= 15 is 0 Å². The third-order valence-electron chi connectivity index (χ3n) is 5.00. The average molecular weight is 388 g/mol. The Morgan fingerprint density at radius 2 is 2.04 bits per heavy atom. The van der Waals surface area contributed by atoms with Crippen molar-refractivity contribution < 1.29 is 18.4 Å². The lowest BCUT2D eigenvalue weighted by molar-refractivity contribution is -0.144. The fourth-order valence-electron chi connectivity index (χ4n) is 3.36. The van der Waals surface area contributed by atoms with Crippen LogP contribution in [0.5, 0.6) is 0 Å². The zero-order valence-corrected chi connectivity index (χ0v) is 16.2. The Morgan fingerprint density at radius 1 is 1.29 bits per heavy atom. The SMILES string of the molecule is CCc1nnc(CN(CC)C(=O)C2CCC(=O)N(Cc3ccccc3F)C2)o1. The molecule has 1 aliphatic rings. The summed E-state index contributed by atoms with van der Waals surface area (Å²) in [6.45, 7) is 5.02. The Hall–Kier alpha value is -2.77. The van der Waals surface area contributed by atoms with Crippen LogP contribution in [0.15, 0.2) is 28.7 Å². The van der Waals surface area contributed by atoms with Gasteiger partial charge in [-0.2, -0.15) is 0 Å². The first-order valence-electron chi connectivity index (χ1n) is 9.63. The third kappa shape index (κ3) is 4.55. The molecule has 2 heterocycles. The molecule has 1 atom stereocenters. The molecule has 0 saturated carbocycles. The molecule has 0 radical (unpaired) electrons. The number of carbonyl (C=O) groups excluding carboxylic acids is 2. The van der Waals surface area contributed by atoms with Gasteiger partial charge in [0.15, 0.2) is 0 Å². The zero-order chi connectivity index (χ0) is 20.1. The zero-order valence-electron chi connectivity index (χ0n) is 16.2. The predicted molar refractivity (Wildman–Crippen MR) is 99.3 cm³/mol. The van der Waals surface area contributed by atoms with Gasteiger partial charge in [-0.3, -0.25) is 9.59 Å². The molecule has 0 spiro atoms. The van der Waals surface area contributed by atoms with E-state index < -0.39 is 0 Å². The number of rotatable bonds is 7. The minimum absolute atomic E-state index is 0.0511. The molecule has 1 aliphatic heterocycles. The first kappa shape index (κ1) is 20.0. The van der Waals surface area contributed by atoms with Gasteiger partial charge in [0.05, 0.1) is 12.5 Å². The van der Waals surface area contributed by atoms with Crippen LogP contribution in [0.3, 0.4) is 0 Å². The first-order valence-corrected chi connectivity index (χ1v) is 9.63. The maximum absolute atomic E-state index is 13.9. The highest BCUT2D eigenvalue weighted by molar-refractivity contribution is 5.83. The lowest BCUT2D eigenvalue weighted by Crippen LogP contribution is -2.46. The molecule has 0 N–H and O–H groups in total. The second-order valence-electron chi connectivity index (χ2n) is 6.90. The Labute approximate surface area is 163 Å². The molecule has 28 heavy (non-hydrogen) atoms. The van der Waals surface area contributed by atoms with E-state index in [2.05, 4.69) is 10.2 Å². The van der Waals surface area contributed by atoms with Crippen molar-refractivity contribution in [3.05, 3.63) is 47.4 Å². The summed E-state index contributed by atoms with van der Waals surface area (Å²) in [5, 5.41) is 7.91. The van der Waals surface area contributed by atoms with Crippen LogP contribution in [0.4, 0.5) is 4.39 Å². The number of aryl methyl sites for hydroxylation is 1. The van der Waals surface area contributed by atoms with Crippen LogP contribution in [-0.2, 0) is 29.1 Å². The van der Waals surface area contributed by atoms with E-state index in [4.69, 9.17) is 4.42 Å². The van der Waals surface area contributed by atoms with E-state index in [1.807, 2.05) is 13.8 Å². The van der Waals surface area contributed by atoms with Gasteiger partial charge in [0.1, 0.15) is 5.82 Å². The van der Waals surface area contributed by atoms with Crippen molar-refractivity contribution in [2.24, 2.45) is 5.92 Å². The lowest BCUT2D eigenvalue weighted by Gasteiger charge is -2.34. The van der Waals surface area contributed by atoms with Gasteiger partial charge < -0.3 is 14.2 Å². The molecule has 1 aromatic carbocycles. The maximum Gasteiger partial charge on any atom is 0.235 e. The Kier molecular flexibility index (Phi) is 6.38. The molecular weight excluding hydrogens is 363 g/mol. The number of likely N-dealkylation sites (tertiary alicyclic amines) is 1. The van der Waals surface area contributed by atoms with Crippen molar-refractivity contribution in [1.29, 1.82) is 0 Å². The summed E-state index contributed by atoms with van der Waals surface area (Å²) >= 11 is 0. The molecule has 8 heteroatoms. The Balaban J connectivity index is 1.66. The largest absolute Gasteiger partial charge is 0.423 e. The lowest BCUT2D eigenvalue weighted by atomic mass is 9.95. The van der Waals surface area contributed by atoms with Crippen LogP contribution in [0.25, 0.3) is 0 Å². The van der Waals surface area contributed by atoms with Gasteiger partial charge in [0.25, 0.3) is 0 Å². The molecule has 3 rings (SSSR count). The summed E-state index contributed by atoms with van der Waals surface area (Å²) in [6, 6.07) is 6.39. The van der Waals surface area contributed by atoms with Gasteiger partial charge in [0, 0.05) is 38.0 Å². The quantitative estimate of drug-likeness (QED) is 0.728. The Morgan fingerprint density at radius 3 is 2.71 bits per heavy atom. The summed E-state index contributed by atoms with van der Waals surface area (Å²) in [5.41, 5.74) is 0.453. The number of benzene rings is 1. The normalized spacial score (nSPS) is 17.0. The minimum atomic E-state index is -0.345. The van der Waals surface area contributed by atoms with Crippen molar-refractivity contribution in [3.63, 3.8) is 0 Å². The average Bonchev–Trinajstić information content (AvgIpc) is 3.16. The monoisotopic (exact) mass is 388 g/mol. The molecule has 1 unspecified atom stereocenters. The Bertz CT molecular complexity index is 838. The molecule has 1 fully saturated rings. The van der Waals surface area contributed by atoms with Crippen LogP contribution < -0.4 is 0 Å². The fraction of sp³-hybridized carbons (Fsp3) is 0.500. The van der Waals surface area contributed by atoms with Crippen molar-refractivity contribution in [2.75, 3.05) is 13.1 Å². The first-order chi connectivity index (χ1) is 13.5. The van der Waals surface area contributed by atoms with E-state index in [0.29, 0.717) is 36.7 Å². The molecule has 1 saturated heterocycles. The van der Waals surface area contributed by atoms with E-state index in [-0.39, 0.29) is 49.6 Å². The molecule has 2 amide bonds. The van der Waals surface area contributed by atoms with Gasteiger partial charge in [0.2, 0.25) is 23.6 Å². The predicted octanol–water partition coefficient (Wildman–Crippen LogP) is 2.56. The molecule has 150 valence electrons. The van der Waals surface area contributed by atoms with Crippen molar-refractivity contribution >= 4 is 11.8 Å². The van der Waals surface area contributed by atoms with Crippen LogP contribution in [0.2, 0.25) is 0 Å². The fourth-order valence-corrected chi connectivity index (χ4v) is 3.36. The number of piperidine rings is 1. The van der Waals surface area contributed by atoms with E-state index in [1.165, 1.54) is 6.07 Å². The molecule has 0 aliphatic carbocycles. The highest BCUT2D eigenvalue weighted by Crippen LogP contribution is 2.23. The highest BCUT2D eigenvalue weighted by Gasteiger charge is 2.33.